The van der Waals surface area contributed by atoms with Gasteiger partial charge < -0.3 is 10.8 Å². The molecule has 0 aromatic carbocycles. The van der Waals surface area contributed by atoms with Crippen molar-refractivity contribution in [3.8, 4) is 0 Å². The molecule has 0 aliphatic rings. The van der Waals surface area contributed by atoms with Gasteiger partial charge in [-0.1, -0.05) is 20.8 Å². The fourth-order valence-corrected chi connectivity index (χ4v) is 0.710. The van der Waals surface area contributed by atoms with E-state index in [0.717, 1.165) is 12.8 Å². The average molecular weight is 145 g/mol. The highest BCUT2D eigenvalue weighted by atomic mass is 16.3. The van der Waals surface area contributed by atoms with Gasteiger partial charge >= 0.3 is 0 Å². The Kier molecular flexibility index (Phi) is 3.91. The lowest BCUT2D eigenvalue weighted by atomic mass is 9.89. The topological polar surface area (TPSA) is 46.2 Å². The zero-order valence-corrected chi connectivity index (χ0v) is 7.22. The second kappa shape index (κ2) is 3.94. The van der Waals surface area contributed by atoms with Gasteiger partial charge in [0.15, 0.2) is 0 Å². The van der Waals surface area contributed by atoms with Gasteiger partial charge in [0.25, 0.3) is 0 Å². The van der Waals surface area contributed by atoms with E-state index in [9.17, 15) is 0 Å². The van der Waals surface area contributed by atoms with E-state index in [1.807, 2.05) is 0 Å². The van der Waals surface area contributed by atoms with Crippen LogP contribution in [0.5, 0.6) is 0 Å². The standard InChI is InChI=1S/C8H19NO/c1-8(2,3)5-4-7(9)6-10/h7,10H,4-6,9H2,1-3H3/t7-/m0/s1. The summed E-state index contributed by atoms with van der Waals surface area (Å²) in [5, 5.41) is 8.61. The zero-order chi connectivity index (χ0) is 8.20. The Hall–Kier alpha value is -0.0800. The molecule has 2 nitrogen and oxygen atoms in total. The Labute approximate surface area is 63.4 Å². The van der Waals surface area contributed by atoms with Crippen LogP contribution in [0.15, 0.2) is 0 Å². The molecule has 0 amide bonds. The van der Waals surface area contributed by atoms with Crippen molar-refractivity contribution in [2.45, 2.75) is 39.7 Å². The second-order valence-electron chi connectivity index (χ2n) is 4.04. The summed E-state index contributed by atoms with van der Waals surface area (Å²) in [7, 11) is 0. The molecule has 0 radical (unpaired) electrons. The molecule has 0 aliphatic carbocycles. The Balaban J connectivity index is 3.36. The third-order valence-corrected chi connectivity index (χ3v) is 1.50. The molecule has 0 heterocycles. The van der Waals surface area contributed by atoms with Crippen molar-refractivity contribution in [1.82, 2.24) is 0 Å². The molecule has 0 aromatic rings. The lowest BCUT2D eigenvalue weighted by Gasteiger charge is -2.19. The van der Waals surface area contributed by atoms with E-state index < -0.39 is 0 Å². The van der Waals surface area contributed by atoms with Gasteiger partial charge in [-0.2, -0.15) is 0 Å². The molecule has 10 heavy (non-hydrogen) atoms. The minimum absolute atomic E-state index is 0.0285. The van der Waals surface area contributed by atoms with Gasteiger partial charge in [-0.05, 0) is 18.3 Å². The zero-order valence-electron chi connectivity index (χ0n) is 7.22. The predicted octanol–water partition coefficient (Wildman–Crippen LogP) is 1.13. The highest BCUT2D eigenvalue weighted by Crippen LogP contribution is 2.20. The Morgan fingerprint density at radius 2 is 1.90 bits per heavy atom. The van der Waals surface area contributed by atoms with Crippen LogP contribution in [0.4, 0.5) is 0 Å². The molecule has 0 fully saturated rings. The van der Waals surface area contributed by atoms with Crippen molar-refractivity contribution < 1.29 is 5.11 Å². The number of aliphatic hydroxyl groups excluding tert-OH is 1. The van der Waals surface area contributed by atoms with E-state index in [4.69, 9.17) is 10.8 Å². The van der Waals surface area contributed by atoms with Crippen LogP contribution in [0.3, 0.4) is 0 Å². The van der Waals surface area contributed by atoms with E-state index in [-0.39, 0.29) is 12.6 Å². The largest absolute Gasteiger partial charge is 0.395 e. The Bertz CT molecular complexity index is 85.7. The summed E-state index contributed by atoms with van der Waals surface area (Å²) in [4.78, 5) is 0. The first-order valence-corrected chi connectivity index (χ1v) is 3.82. The molecule has 0 aliphatic heterocycles. The normalized spacial score (nSPS) is 15.3. The van der Waals surface area contributed by atoms with Crippen molar-refractivity contribution in [2.24, 2.45) is 11.1 Å². The molecule has 0 rings (SSSR count). The fraction of sp³-hybridized carbons (Fsp3) is 1.00. The molecular formula is C8H19NO. The first-order valence-electron chi connectivity index (χ1n) is 3.82. The minimum Gasteiger partial charge on any atom is -0.395 e. The summed E-state index contributed by atoms with van der Waals surface area (Å²) in [6.45, 7) is 6.64. The summed E-state index contributed by atoms with van der Waals surface area (Å²) in [6.07, 6.45) is 1.99. The molecule has 0 saturated carbocycles. The van der Waals surface area contributed by atoms with E-state index in [2.05, 4.69) is 20.8 Å². The minimum atomic E-state index is -0.0285. The van der Waals surface area contributed by atoms with Crippen LogP contribution in [-0.4, -0.2) is 17.8 Å². The summed E-state index contributed by atoms with van der Waals surface area (Å²) in [5.41, 5.74) is 5.87. The lowest BCUT2D eigenvalue weighted by Crippen LogP contribution is -2.25. The van der Waals surface area contributed by atoms with Crippen LogP contribution < -0.4 is 5.73 Å². The van der Waals surface area contributed by atoms with E-state index in [1.165, 1.54) is 0 Å². The maximum atomic E-state index is 8.61. The number of aliphatic hydroxyl groups is 1. The molecule has 62 valence electrons. The smallest absolute Gasteiger partial charge is 0.0582 e. The molecule has 2 heteroatoms. The van der Waals surface area contributed by atoms with Crippen molar-refractivity contribution in [3.05, 3.63) is 0 Å². The average Bonchev–Trinajstić information content (AvgIpc) is 1.81. The second-order valence-corrected chi connectivity index (χ2v) is 4.04. The van der Waals surface area contributed by atoms with Crippen LogP contribution in [-0.2, 0) is 0 Å². The van der Waals surface area contributed by atoms with Crippen LogP contribution in [0, 0.1) is 5.41 Å². The molecule has 0 saturated heterocycles. The Morgan fingerprint density at radius 1 is 1.40 bits per heavy atom. The molecule has 0 bridgehead atoms. The van der Waals surface area contributed by atoms with Gasteiger partial charge in [0.2, 0.25) is 0 Å². The number of nitrogens with two attached hydrogens (primary N) is 1. The summed E-state index contributed by atoms with van der Waals surface area (Å²) in [6, 6.07) is -0.0285. The van der Waals surface area contributed by atoms with Crippen LogP contribution in [0.2, 0.25) is 0 Å². The van der Waals surface area contributed by atoms with Gasteiger partial charge in [-0.15, -0.1) is 0 Å². The predicted molar refractivity (Wildman–Crippen MR) is 43.8 cm³/mol. The summed E-state index contributed by atoms with van der Waals surface area (Å²) in [5.74, 6) is 0. The van der Waals surface area contributed by atoms with Gasteiger partial charge in [0.1, 0.15) is 0 Å². The maximum Gasteiger partial charge on any atom is 0.0582 e. The number of hydrogen-bond donors (Lipinski definition) is 2. The van der Waals surface area contributed by atoms with Gasteiger partial charge in [0.05, 0.1) is 6.61 Å². The highest BCUT2D eigenvalue weighted by molar-refractivity contribution is 4.66. The number of rotatable bonds is 3. The highest BCUT2D eigenvalue weighted by Gasteiger charge is 2.11. The Morgan fingerprint density at radius 3 is 2.20 bits per heavy atom. The molecular weight excluding hydrogens is 126 g/mol. The van der Waals surface area contributed by atoms with E-state index >= 15 is 0 Å². The van der Waals surface area contributed by atoms with Crippen molar-refractivity contribution in [1.29, 1.82) is 0 Å². The molecule has 0 spiro atoms. The van der Waals surface area contributed by atoms with Gasteiger partial charge in [0, 0.05) is 6.04 Å². The third-order valence-electron chi connectivity index (χ3n) is 1.50. The van der Waals surface area contributed by atoms with Crippen LogP contribution >= 0.6 is 0 Å². The first-order chi connectivity index (χ1) is 4.45. The maximum absolute atomic E-state index is 8.61. The van der Waals surface area contributed by atoms with E-state index in [1.54, 1.807) is 0 Å². The number of hydrogen-bond acceptors (Lipinski definition) is 2. The van der Waals surface area contributed by atoms with Crippen molar-refractivity contribution in [2.75, 3.05) is 6.61 Å². The molecule has 1 atom stereocenters. The lowest BCUT2D eigenvalue weighted by molar-refractivity contribution is 0.242. The summed E-state index contributed by atoms with van der Waals surface area (Å²) < 4.78 is 0. The van der Waals surface area contributed by atoms with Gasteiger partial charge in [-0.3, -0.25) is 0 Å². The molecule has 0 unspecified atom stereocenters. The monoisotopic (exact) mass is 145 g/mol. The molecule has 3 N–H and O–H groups in total. The van der Waals surface area contributed by atoms with E-state index in [0.29, 0.717) is 5.41 Å². The SMILES string of the molecule is CC(C)(C)CC[C@H](N)CO. The van der Waals surface area contributed by atoms with Gasteiger partial charge in [-0.25, -0.2) is 0 Å². The first kappa shape index (κ1) is 9.92. The summed E-state index contributed by atoms with van der Waals surface area (Å²) >= 11 is 0. The van der Waals surface area contributed by atoms with Crippen LogP contribution in [0.25, 0.3) is 0 Å². The quantitative estimate of drug-likeness (QED) is 0.625. The fourth-order valence-electron chi connectivity index (χ4n) is 0.710. The van der Waals surface area contributed by atoms with Crippen molar-refractivity contribution >= 4 is 0 Å². The van der Waals surface area contributed by atoms with Crippen molar-refractivity contribution in [3.63, 3.8) is 0 Å². The molecule has 0 aromatic heterocycles. The van der Waals surface area contributed by atoms with Crippen LogP contribution in [0.1, 0.15) is 33.6 Å². The third kappa shape index (κ3) is 6.05.